The maximum atomic E-state index is 12.3. The first-order valence-electron chi connectivity index (χ1n) is 7.36. The van der Waals surface area contributed by atoms with Crippen LogP contribution in [0.25, 0.3) is 0 Å². The van der Waals surface area contributed by atoms with Crippen molar-refractivity contribution in [3.63, 3.8) is 0 Å². The van der Waals surface area contributed by atoms with E-state index in [1.807, 2.05) is 31.2 Å². The number of carbonyl (C=O) groups is 2. The zero-order valence-electron chi connectivity index (χ0n) is 13.8. The number of nitrogens with one attached hydrogen (secondary N) is 1. The molecule has 0 heterocycles. The Balaban J connectivity index is 2.66. The van der Waals surface area contributed by atoms with Crippen LogP contribution in [0.2, 0.25) is 0 Å². The lowest BCUT2D eigenvalue weighted by atomic mass is 9.92. The van der Waals surface area contributed by atoms with Gasteiger partial charge in [0.2, 0.25) is 5.91 Å². The molecule has 1 aromatic carbocycles. The molecule has 0 aliphatic heterocycles. The number of benzene rings is 1. The summed E-state index contributed by atoms with van der Waals surface area (Å²) in [4.78, 5) is 23.5. The lowest BCUT2D eigenvalue weighted by Crippen LogP contribution is -2.50. The van der Waals surface area contributed by atoms with Crippen LogP contribution >= 0.6 is 0 Å². The van der Waals surface area contributed by atoms with Crippen LogP contribution in [-0.4, -0.2) is 29.6 Å². The van der Waals surface area contributed by atoms with E-state index in [1.54, 1.807) is 27.7 Å². The van der Waals surface area contributed by atoms with Crippen molar-refractivity contribution >= 4 is 11.9 Å². The predicted octanol–water partition coefficient (Wildman–Crippen LogP) is 2.63. The van der Waals surface area contributed by atoms with Crippen LogP contribution in [0, 0.1) is 18.3 Å². The van der Waals surface area contributed by atoms with Crippen molar-refractivity contribution < 1.29 is 19.4 Å². The molecule has 5 heteroatoms. The molecule has 0 bridgehead atoms. The first kappa shape index (κ1) is 18.0. The number of carboxylic acid groups (broad SMARTS) is 1. The minimum absolute atomic E-state index is 0.173. The number of carbonyl (C=O) groups excluding carboxylic acids is 1. The van der Waals surface area contributed by atoms with Gasteiger partial charge in [0.15, 0.2) is 0 Å². The van der Waals surface area contributed by atoms with E-state index in [1.165, 1.54) is 0 Å². The maximum Gasteiger partial charge on any atom is 0.326 e. The fourth-order valence-corrected chi connectivity index (χ4v) is 1.81. The molecule has 0 aromatic heterocycles. The molecular weight excluding hydrogens is 282 g/mol. The number of hydrogen-bond acceptors (Lipinski definition) is 3. The Labute approximate surface area is 131 Å². The van der Waals surface area contributed by atoms with E-state index in [9.17, 15) is 9.59 Å². The molecule has 1 amide bonds. The summed E-state index contributed by atoms with van der Waals surface area (Å²) in [5.74, 6) is -0.861. The third-order valence-electron chi connectivity index (χ3n) is 3.45. The Hall–Kier alpha value is -2.04. The fourth-order valence-electron chi connectivity index (χ4n) is 1.81. The SMILES string of the molecule is Cc1ccc(OCC(C)(C)C(=O)NC(C(=O)O)C(C)C)cc1. The molecule has 1 atom stereocenters. The monoisotopic (exact) mass is 307 g/mol. The molecule has 1 aromatic rings. The second-order valence-corrected chi connectivity index (χ2v) is 6.52. The van der Waals surface area contributed by atoms with Gasteiger partial charge in [0.25, 0.3) is 0 Å². The van der Waals surface area contributed by atoms with Gasteiger partial charge in [-0.25, -0.2) is 4.79 Å². The normalized spacial score (nSPS) is 12.8. The Morgan fingerprint density at radius 3 is 2.23 bits per heavy atom. The van der Waals surface area contributed by atoms with Gasteiger partial charge in [0, 0.05) is 0 Å². The van der Waals surface area contributed by atoms with Crippen LogP contribution in [0.15, 0.2) is 24.3 Å². The molecule has 2 N–H and O–H groups in total. The van der Waals surface area contributed by atoms with E-state index in [4.69, 9.17) is 9.84 Å². The summed E-state index contributed by atoms with van der Waals surface area (Å²) >= 11 is 0. The van der Waals surface area contributed by atoms with Crippen molar-refractivity contribution in [2.75, 3.05) is 6.61 Å². The highest BCUT2D eigenvalue weighted by Gasteiger charge is 2.33. The van der Waals surface area contributed by atoms with Gasteiger partial charge < -0.3 is 15.2 Å². The molecular formula is C17H25NO4. The van der Waals surface area contributed by atoms with E-state index in [2.05, 4.69) is 5.32 Å². The first-order valence-corrected chi connectivity index (χ1v) is 7.36. The predicted molar refractivity (Wildman–Crippen MR) is 84.9 cm³/mol. The van der Waals surface area contributed by atoms with E-state index in [-0.39, 0.29) is 18.4 Å². The summed E-state index contributed by atoms with van der Waals surface area (Å²) in [6.45, 7) is 9.14. The van der Waals surface area contributed by atoms with Crippen LogP contribution in [0.1, 0.15) is 33.3 Å². The summed E-state index contributed by atoms with van der Waals surface area (Å²) in [7, 11) is 0. The Morgan fingerprint density at radius 2 is 1.77 bits per heavy atom. The van der Waals surface area contributed by atoms with E-state index in [0.29, 0.717) is 5.75 Å². The molecule has 22 heavy (non-hydrogen) atoms. The summed E-state index contributed by atoms with van der Waals surface area (Å²) < 4.78 is 5.64. The smallest absolute Gasteiger partial charge is 0.326 e. The molecule has 0 aliphatic carbocycles. The summed E-state index contributed by atoms with van der Waals surface area (Å²) in [5, 5.41) is 11.7. The number of hydrogen-bond donors (Lipinski definition) is 2. The van der Waals surface area contributed by atoms with Crippen LogP contribution in [0.3, 0.4) is 0 Å². The van der Waals surface area contributed by atoms with Gasteiger partial charge in [-0.1, -0.05) is 31.5 Å². The van der Waals surface area contributed by atoms with Gasteiger partial charge in [0.05, 0.1) is 5.41 Å². The molecule has 0 fully saturated rings. The number of aliphatic carboxylic acids is 1. The Bertz CT molecular complexity index is 520. The van der Waals surface area contributed by atoms with Crippen molar-refractivity contribution in [2.45, 2.75) is 40.7 Å². The molecule has 5 nitrogen and oxygen atoms in total. The quantitative estimate of drug-likeness (QED) is 0.812. The molecule has 122 valence electrons. The Kier molecular flexibility index (Phi) is 5.97. The van der Waals surface area contributed by atoms with Crippen LogP contribution < -0.4 is 10.1 Å². The van der Waals surface area contributed by atoms with E-state index < -0.39 is 17.4 Å². The molecule has 1 rings (SSSR count). The van der Waals surface area contributed by atoms with Crippen LogP contribution in [0.5, 0.6) is 5.75 Å². The number of amides is 1. The van der Waals surface area contributed by atoms with E-state index >= 15 is 0 Å². The summed E-state index contributed by atoms with van der Waals surface area (Å²) in [6, 6.07) is 6.66. The van der Waals surface area contributed by atoms with Crippen molar-refractivity contribution in [1.29, 1.82) is 0 Å². The average Bonchev–Trinajstić information content (AvgIpc) is 2.43. The van der Waals surface area contributed by atoms with Gasteiger partial charge in [-0.15, -0.1) is 0 Å². The molecule has 0 spiro atoms. The number of rotatable bonds is 7. The third-order valence-corrected chi connectivity index (χ3v) is 3.45. The molecule has 1 unspecified atom stereocenters. The number of carboxylic acids is 1. The number of ether oxygens (including phenoxy) is 1. The summed E-state index contributed by atoms with van der Waals surface area (Å²) in [5.41, 5.74) is 0.304. The highest BCUT2D eigenvalue weighted by Crippen LogP contribution is 2.20. The highest BCUT2D eigenvalue weighted by molar-refractivity contribution is 5.87. The Morgan fingerprint density at radius 1 is 1.23 bits per heavy atom. The second kappa shape index (κ2) is 7.29. The van der Waals surface area contributed by atoms with Crippen molar-refractivity contribution in [3.05, 3.63) is 29.8 Å². The van der Waals surface area contributed by atoms with Crippen molar-refractivity contribution in [1.82, 2.24) is 5.32 Å². The lowest BCUT2D eigenvalue weighted by Gasteiger charge is -2.27. The minimum atomic E-state index is -1.03. The van der Waals surface area contributed by atoms with E-state index in [0.717, 1.165) is 5.56 Å². The largest absolute Gasteiger partial charge is 0.492 e. The fraction of sp³-hybridized carbons (Fsp3) is 0.529. The van der Waals surface area contributed by atoms with Gasteiger partial charge in [-0.3, -0.25) is 4.79 Å². The zero-order chi connectivity index (χ0) is 16.9. The standard InChI is InChI=1S/C17H25NO4/c1-11(2)14(15(19)20)18-16(21)17(4,5)10-22-13-8-6-12(3)7-9-13/h6-9,11,14H,10H2,1-5H3,(H,18,21)(H,19,20). The maximum absolute atomic E-state index is 12.3. The third kappa shape index (κ3) is 5.06. The molecule has 0 saturated heterocycles. The van der Waals surface area contributed by atoms with Gasteiger partial charge in [0.1, 0.15) is 18.4 Å². The van der Waals surface area contributed by atoms with Crippen molar-refractivity contribution in [2.24, 2.45) is 11.3 Å². The zero-order valence-corrected chi connectivity index (χ0v) is 13.8. The van der Waals surface area contributed by atoms with Crippen LogP contribution in [0.4, 0.5) is 0 Å². The molecule has 0 aliphatic rings. The topological polar surface area (TPSA) is 75.6 Å². The molecule has 0 saturated carbocycles. The van der Waals surface area contributed by atoms with Crippen LogP contribution in [-0.2, 0) is 9.59 Å². The van der Waals surface area contributed by atoms with Gasteiger partial charge >= 0.3 is 5.97 Å². The average molecular weight is 307 g/mol. The molecule has 0 radical (unpaired) electrons. The lowest BCUT2D eigenvalue weighted by molar-refractivity contribution is -0.145. The van der Waals surface area contributed by atoms with Gasteiger partial charge in [-0.05, 0) is 38.8 Å². The van der Waals surface area contributed by atoms with Crippen molar-refractivity contribution in [3.8, 4) is 5.75 Å². The minimum Gasteiger partial charge on any atom is -0.492 e. The van der Waals surface area contributed by atoms with Gasteiger partial charge in [-0.2, -0.15) is 0 Å². The number of aryl methyl sites for hydroxylation is 1. The second-order valence-electron chi connectivity index (χ2n) is 6.52. The first-order chi connectivity index (χ1) is 10.1. The summed E-state index contributed by atoms with van der Waals surface area (Å²) in [6.07, 6.45) is 0. The highest BCUT2D eigenvalue weighted by atomic mass is 16.5.